The van der Waals surface area contributed by atoms with Gasteiger partial charge in [-0.3, -0.25) is 0 Å². The van der Waals surface area contributed by atoms with Crippen LogP contribution in [0.4, 0.5) is 11.4 Å². The molecule has 2 aromatic rings. The van der Waals surface area contributed by atoms with Gasteiger partial charge in [-0.2, -0.15) is 0 Å². The minimum Gasteiger partial charge on any atom is -0.359 e. The first kappa shape index (κ1) is 27.6. The van der Waals surface area contributed by atoms with E-state index in [1.807, 2.05) is 13.8 Å². The zero-order valence-electron chi connectivity index (χ0n) is 21.5. The van der Waals surface area contributed by atoms with Crippen LogP contribution >= 0.6 is 0 Å². The maximum Gasteiger partial charge on any atom is 0.0386 e. The van der Waals surface area contributed by atoms with Gasteiger partial charge in [0.1, 0.15) is 0 Å². The van der Waals surface area contributed by atoms with E-state index in [4.69, 9.17) is 0 Å². The Bertz CT molecular complexity index is 736. The molecule has 2 aromatic carbocycles. The summed E-state index contributed by atoms with van der Waals surface area (Å²) in [6.45, 7) is 20.9. The Labute approximate surface area is 198 Å². The van der Waals surface area contributed by atoms with E-state index in [1.54, 1.807) is 0 Å². The van der Waals surface area contributed by atoms with Crippen LogP contribution in [0.3, 0.4) is 0 Å². The van der Waals surface area contributed by atoms with Crippen molar-refractivity contribution in [1.82, 2.24) is 0 Å². The Hall–Kier alpha value is -2.48. The van der Waals surface area contributed by atoms with E-state index >= 15 is 0 Å². The summed E-state index contributed by atoms with van der Waals surface area (Å²) in [6, 6.07) is 13.1. The normalized spacial score (nSPS) is 10.2. The molecule has 0 radical (unpaired) electrons. The van der Waals surface area contributed by atoms with Crippen LogP contribution in [0.15, 0.2) is 61.0 Å². The fourth-order valence-electron chi connectivity index (χ4n) is 4.01. The molecule has 0 fully saturated rings. The second-order valence-corrected chi connectivity index (χ2v) is 8.83. The van der Waals surface area contributed by atoms with Gasteiger partial charge in [0.15, 0.2) is 0 Å². The largest absolute Gasteiger partial charge is 0.359 e. The molecule has 0 aliphatic rings. The van der Waals surface area contributed by atoms with Gasteiger partial charge in [0.25, 0.3) is 0 Å². The summed E-state index contributed by atoms with van der Waals surface area (Å²) in [7, 11) is 0. The van der Waals surface area contributed by atoms with E-state index in [0.717, 1.165) is 35.6 Å². The molecule has 0 saturated carbocycles. The van der Waals surface area contributed by atoms with Crippen molar-refractivity contribution in [1.29, 1.82) is 0 Å². The van der Waals surface area contributed by atoms with Gasteiger partial charge in [-0.15, -0.1) is 0 Å². The third-order valence-electron chi connectivity index (χ3n) is 5.29. The monoisotopic (exact) mass is 434 g/mol. The highest BCUT2D eigenvalue weighted by atomic mass is 14.9. The van der Waals surface area contributed by atoms with Crippen molar-refractivity contribution < 1.29 is 0 Å². The summed E-state index contributed by atoms with van der Waals surface area (Å²) in [5.41, 5.74) is 9.71. The minimum atomic E-state index is 1.05. The first-order valence-corrected chi connectivity index (χ1v) is 12.4. The van der Waals surface area contributed by atoms with Crippen LogP contribution in [0, 0.1) is 27.7 Å². The highest BCUT2D eigenvalue weighted by Gasteiger charge is 2.01. The second-order valence-electron chi connectivity index (χ2n) is 8.83. The lowest BCUT2D eigenvalue weighted by molar-refractivity contribution is 0.593. The lowest BCUT2D eigenvalue weighted by atomic mass is 10.1. The third-order valence-corrected chi connectivity index (χ3v) is 5.29. The van der Waals surface area contributed by atoms with Crippen LogP contribution < -0.4 is 10.6 Å². The number of hydrogen-bond acceptors (Lipinski definition) is 2. The molecular weight excluding hydrogens is 388 g/mol. The van der Waals surface area contributed by atoms with Crippen LogP contribution in [-0.4, -0.2) is 0 Å². The highest BCUT2D eigenvalue weighted by Crippen LogP contribution is 2.20. The van der Waals surface area contributed by atoms with Gasteiger partial charge in [0, 0.05) is 22.8 Å². The van der Waals surface area contributed by atoms with Crippen LogP contribution in [0.1, 0.15) is 87.5 Å². The lowest BCUT2D eigenvalue weighted by Gasteiger charge is -2.12. The number of unbranched alkanes of at least 4 members (excludes halogenated alkanes) is 5. The van der Waals surface area contributed by atoms with E-state index in [0.29, 0.717) is 0 Å². The molecule has 2 nitrogen and oxygen atoms in total. The number of allylic oxidation sites excluding steroid dienone is 2. The number of nitrogens with one attached hydrogen (secondary N) is 2. The Balaban J connectivity index is 0.00000249. The van der Waals surface area contributed by atoms with Gasteiger partial charge in [0.2, 0.25) is 0 Å². The molecule has 0 aliphatic carbocycles. The van der Waals surface area contributed by atoms with Crippen molar-refractivity contribution in [3.05, 3.63) is 83.2 Å². The minimum absolute atomic E-state index is 1.05. The van der Waals surface area contributed by atoms with Crippen molar-refractivity contribution >= 4 is 11.4 Å². The number of rotatable bonds is 13. The molecule has 32 heavy (non-hydrogen) atoms. The van der Waals surface area contributed by atoms with Gasteiger partial charge in [0.05, 0.1) is 0 Å². The van der Waals surface area contributed by atoms with E-state index in [1.165, 1.54) is 60.8 Å². The maximum atomic E-state index is 4.19. The van der Waals surface area contributed by atoms with Crippen molar-refractivity contribution in [2.45, 2.75) is 92.9 Å². The maximum absolute atomic E-state index is 4.19. The van der Waals surface area contributed by atoms with Crippen molar-refractivity contribution in [3.8, 4) is 0 Å². The summed E-state index contributed by atoms with van der Waals surface area (Å²) in [5.74, 6) is 0. The van der Waals surface area contributed by atoms with Gasteiger partial charge < -0.3 is 10.6 Å². The predicted molar refractivity (Wildman–Crippen MR) is 146 cm³/mol. The molecule has 0 unspecified atom stereocenters. The van der Waals surface area contributed by atoms with Gasteiger partial charge in [-0.1, -0.05) is 64.8 Å². The Morgan fingerprint density at radius 1 is 0.531 bits per heavy atom. The van der Waals surface area contributed by atoms with Gasteiger partial charge >= 0.3 is 0 Å². The fraction of sp³-hybridized carbons (Fsp3) is 0.467. The molecule has 0 atom stereocenters. The molecule has 0 saturated heterocycles. The standard InChI is InChI=1S/C28H40N2.C2H6/c1-21-15-22(2)18-27(17-21)29-25(5)13-11-9-7-8-10-12-14-26(6)30-28-19-23(3)16-24(4)20-28;1-2/h15-20,29-30H,5-14H2,1-4H3;1-2H3. The predicted octanol–water partition coefficient (Wildman–Crippen LogP) is 9.62. The smallest absolute Gasteiger partial charge is 0.0386 e. The molecular formula is C30H46N2. The molecule has 0 bridgehead atoms. The molecule has 2 heteroatoms. The highest BCUT2D eigenvalue weighted by molar-refractivity contribution is 5.52. The third kappa shape index (κ3) is 11.8. The number of anilines is 2. The summed E-state index contributed by atoms with van der Waals surface area (Å²) < 4.78 is 0. The zero-order valence-corrected chi connectivity index (χ0v) is 21.5. The fourth-order valence-corrected chi connectivity index (χ4v) is 4.01. The molecule has 2 rings (SSSR count). The summed E-state index contributed by atoms with van der Waals surface area (Å²) in [5, 5.41) is 6.93. The molecule has 0 aromatic heterocycles. The van der Waals surface area contributed by atoms with Crippen LogP contribution in [-0.2, 0) is 0 Å². The SMILES string of the molecule is C=C(CCCCCCCCC(=C)Nc1cc(C)cc(C)c1)Nc1cc(C)cc(C)c1.CC. The molecule has 0 amide bonds. The summed E-state index contributed by atoms with van der Waals surface area (Å²) >= 11 is 0. The van der Waals surface area contributed by atoms with Gasteiger partial charge in [-0.05, 0) is 99.9 Å². The topological polar surface area (TPSA) is 24.1 Å². The molecule has 0 spiro atoms. The van der Waals surface area contributed by atoms with Crippen molar-refractivity contribution in [2.75, 3.05) is 10.6 Å². The van der Waals surface area contributed by atoms with Gasteiger partial charge in [-0.25, -0.2) is 0 Å². The van der Waals surface area contributed by atoms with E-state index in [9.17, 15) is 0 Å². The van der Waals surface area contributed by atoms with Crippen LogP contribution in [0.25, 0.3) is 0 Å². The first-order chi connectivity index (χ1) is 15.3. The zero-order chi connectivity index (χ0) is 23.9. The average molecular weight is 435 g/mol. The quantitative estimate of drug-likeness (QED) is 0.307. The summed E-state index contributed by atoms with van der Waals surface area (Å²) in [4.78, 5) is 0. The number of hydrogen-bond donors (Lipinski definition) is 2. The van der Waals surface area contributed by atoms with Crippen LogP contribution in [0.2, 0.25) is 0 Å². The lowest BCUT2D eigenvalue weighted by Crippen LogP contribution is -1.99. The molecule has 2 N–H and O–H groups in total. The molecule has 0 aliphatic heterocycles. The Morgan fingerprint density at radius 2 is 0.812 bits per heavy atom. The Morgan fingerprint density at radius 3 is 1.12 bits per heavy atom. The number of aryl methyl sites for hydroxylation is 4. The van der Waals surface area contributed by atoms with Crippen LogP contribution in [0.5, 0.6) is 0 Å². The molecule has 176 valence electrons. The van der Waals surface area contributed by atoms with E-state index in [2.05, 4.69) is 87.9 Å². The molecule has 0 heterocycles. The van der Waals surface area contributed by atoms with Crippen molar-refractivity contribution in [3.63, 3.8) is 0 Å². The average Bonchev–Trinajstić information content (AvgIpc) is 2.70. The van der Waals surface area contributed by atoms with E-state index < -0.39 is 0 Å². The number of benzene rings is 2. The Kier molecular flexibility index (Phi) is 13.2. The van der Waals surface area contributed by atoms with E-state index in [-0.39, 0.29) is 0 Å². The van der Waals surface area contributed by atoms with Crippen molar-refractivity contribution in [2.24, 2.45) is 0 Å². The summed E-state index contributed by atoms with van der Waals surface area (Å²) in [6.07, 6.45) is 9.65. The first-order valence-electron chi connectivity index (χ1n) is 12.4. The second kappa shape index (κ2) is 15.3.